The fraction of sp³-hybridized carbons (Fsp3) is 0.0909. The third-order valence-electron chi connectivity index (χ3n) is 2.20. The molecule has 0 fully saturated rings. The van der Waals surface area contributed by atoms with Crippen molar-refractivity contribution in [3.63, 3.8) is 0 Å². The van der Waals surface area contributed by atoms with Crippen molar-refractivity contribution >= 4 is 27.3 Å². The number of thiophene rings is 1. The highest BCUT2D eigenvalue weighted by atomic mass is 79.9. The summed E-state index contributed by atoms with van der Waals surface area (Å²) >= 11 is 4.40. The monoisotopic (exact) mass is 303 g/mol. The van der Waals surface area contributed by atoms with E-state index in [-0.39, 0.29) is 5.56 Å². The molecule has 1 atom stereocenters. The van der Waals surface area contributed by atoms with E-state index >= 15 is 0 Å². The number of halogens is 3. The zero-order valence-corrected chi connectivity index (χ0v) is 10.5. The lowest BCUT2D eigenvalue weighted by atomic mass is 10.1. The van der Waals surface area contributed by atoms with E-state index in [2.05, 4.69) is 15.9 Å². The van der Waals surface area contributed by atoms with Crippen molar-refractivity contribution in [2.24, 2.45) is 5.73 Å². The van der Waals surface area contributed by atoms with Gasteiger partial charge in [-0.05, 0) is 23.6 Å². The highest BCUT2D eigenvalue weighted by molar-refractivity contribution is 9.10. The van der Waals surface area contributed by atoms with E-state index < -0.39 is 17.7 Å². The summed E-state index contributed by atoms with van der Waals surface area (Å²) in [5.74, 6) is -1.26. The normalized spacial score (nSPS) is 12.8. The molecule has 0 aliphatic heterocycles. The minimum Gasteiger partial charge on any atom is -0.319 e. The Bertz CT molecular complexity index is 476. The molecule has 0 saturated carbocycles. The third kappa shape index (κ3) is 2.16. The van der Waals surface area contributed by atoms with Gasteiger partial charge < -0.3 is 5.73 Å². The highest BCUT2D eigenvalue weighted by Crippen LogP contribution is 2.29. The largest absolute Gasteiger partial charge is 0.319 e. The van der Waals surface area contributed by atoms with Crippen LogP contribution in [0, 0.1) is 11.6 Å². The predicted octanol–water partition coefficient (Wildman–Crippen LogP) is 3.84. The molecule has 5 heteroatoms. The Morgan fingerprint density at radius 2 is 1.88 bits per heavy atom. The molecule has 2 rings (SSSR count). The molecule has 0 aliphatic rings. The van der Waals surface area contributed by atoms with E-state index in [9.17, 15) is 8.78 Å². The molecule has 0 saturated heterocycles. The highest BCUT2D eigenvalue weighted by Gasteiger charge is 2.19. The van der Waals surface area contributed by atoms with Crippen molar-refractivity contribution in [2.75, 3.05) is 0 Å². The van der Waals surface area contributed by atoms with Crippen LogP contribution in [0.1, 0.15) is 16.5 Å². The van der Waals surface area contributed by atoms with Gasteiger partial charge in [0.1, 0.15) is 11.6 Å². The maximum absolute atomic E-state index is 13.6. The number of hydrogen-bond acceptors (Lipinski definition) is 2. The summed E-state index contributed by atoms with van der Waals surface area (Å²) in [5.41, 5.74) is 5.74. The number of nitrogens with two attached hydrogens (primary N) is 1. The van der Waals surface area contributed by atoms with Gasteiger partial charge >= 0.3 is 0 Å². The van der Waals surface area contributed by atoms with Gasteiger partial charge in [-0.15, -0.1) is 11.3 Å². The minimum absolute atomic E-state index is 0.0920. The van der Waals surface area contributed by atoms with Crippen molar-refractivity contribution < 1.29 is 8.78 Å². The summed E-state index contributed by atoms with van der Waals surface area (Å²) in [6.45, 7) is 0. The van der Waals surface area contributed by atoms with Gasteiger partial charge in [0.05, 0.1) is 6.04 Å². The fourth-order valence-electron chi connectivity index (χ4n) is 1.46. The topological polar surface area (TPSA) is 26.0 Å². The first kappa shape index (κ1) is 11.7. The average molecular weight is 304 g/mol. The Labute approximate surface area is 104 Å². The van der Waals surface area contributed by atoms with E-state index in [0.717, 1.165) is 4.88 Å². The molecular weight excluding hydrogens is 296 g/mol. The molecule has 0 spiro atoms. The lowest BCUT2D eigenvalue weighted by molar-refractivity contribution is 0.543. The van der Waals surface area contributed by atoms with Gasteiger partial charge in [-0.1, -0.05) is 22.0 Å². The predicted molar refractivity (Wildman–Crippen MR) is 64.4 cm³/mol. The van der Waals surface area contributed by atoms with Crippen LogP contribution in [-0.2, 0) is 0 Å². The van der Waals surface area contributed by atoms with Gasteiger partial charge in [-0.2, -0.15) is 0 Å². The molecule has 2 aromatic rings. The van der Waals surface area contributed by atoms with Crippen LogP contribution in [0.4, 0.5) is 8.78 Å². The molecule has 1 heterocycles. The molecule has 0 radical (unpaired) electrons. The second-order valence-corrected chi connectivity index (χ2v) is 5.17. The minimum atomic E-state index is -0.756. The van der Waals surface area contributed by atoms with Crippen LogP contribution >= 0.6 is 27.3 Å². The van der Waals surface area contributed by atoms with E-state index in [1.807, 2.05) is 5.38 Å². The first-order valence-corrected chi connectivity index (χ1v) is 6.20. The van der Waals surface area contributed by atoms with Gasteiger partial charge in [-0.25, -0.2) is 8.78 Å². The van der Waals surface area contributed by atoms with Gasteiger partial charge in [-0.3, -0.25) is 0 Å². The number of hydrogen-bond donors (Lipinski definition) is 1. The van der Waals surface area contributed by atoms with Crippen molar-refractivity contribution in [1.82, 2.24) is 0 Å². The van der Waals surface area contributed by atoms with E-state index in [1.165, 1.54) is 23.5 Å². The second-order valence-electron chi connectivity index (χ2n) is 3.28. The molecule has 0 aliphatic carbocycles. The fourth-order valence-corrected chi connectivity index (χ4v) is 2.60. The molecule has 2 N–H and O–H groups in total. The van der Waals surface area contributed by atoms with Crippen LogP contribution < -0.4 is 5.73 Å². The van der Waals surface area contributed by atoms with Gasteiger partial charge in [0.25, 0.3) is 0 Å². The lowest BCUT2D eigenvalue weighted by Crippen LogP contribution is -2.14. The first-order valence-electron chi connectivity index (χ1n) is 4.53. The van der Waals surface area contributed by atoms with E-state index in [0.29, 0.717) is 4.47 Å². The Morgan fingerprint density at radius 1 is 1.25 bits per heavy atom. The molecule has 84 valence electrons. The van der Waals surface area contributed by atoms with Crippen molar-refractivity contribution in [2.45, 2.75) is 6.04 Å². The average Bonchev–Trinajstić information content (AvgIpc) is 2.67. The molecule has 1 aromatic heterocycles. The van der Waals surface area contributed by atoms with Crippen molar-refractivity contribution in [3.8, 4) is 0 Å². The lowest BCUT2D eigenvalue weighted by Gasteiger charge is -2.12. The molecule has 1 aromatic carbocycles. The molecule has 0 bridgehead atoms. The standard InChI is InChI=1S/C11H8BrF2NS/c12-6-4-7(13)10(8(14)5-6)11(15)9-2-1-3-16-9/h1-5,11H,15H2. The van der Waals surface area contributed by atoms with Crippen LogP contribution in [0.5, 0.6) is 0 Å². The van der Waals surface area contributed by atoms with Gasteiger partial charge in [0.15, 0.2) is 0 Å². The van der Waals surface area contributed by atoms with Crippen LogP contribution in [0.3, 0.4) is 0 Å². The van der Waals surface area contributed by atoms with Crippen molar-refractivity contribution in [1.29, 1.82) is 0 Å². The quantitative estimate of drug-likeness (QED) is 0.896. The summed E-state index contributed by atoms with van der Waals surface area (Å²) in [5, 5.41) is 1.82. The summed E-state index contributed by atoms with van der Waals surface area (Å²) in [7, 11) is 0. The summed E-state index contributed by atoms with van der Waals surface area (Å²) in [4.78, 5) is 0.736. The Morgan fingerprint density at radius 3 is 2.38 bits per heavy atom. The second kappa shape index (κ2) is 4.61. The number of rotatable bonds is 2. The van der Waals surface area contributed by atoms with Crippen LogP contribution in [0.25, 0.3) is 0 Å². The molecule has 16 heavy (non-hydrogen) atoms. The first-order chi connectivity index (χ1) is 7.59. The zero-order valence-electron chi connectivity index (χ0n) is 8.08. The number of benzene rings is 1. The van der Waals surface area contributed by atoms with Gasteiger partial charge in [0, 0.05) is 14.9 Å². The SMILES string of the molecule is NC(c1cccs1)c1c(F)cc(Br)cc1F. The zero-order chi connectivity index (χ0) is 11.7. The maximum atomic E-state index is 13.6. The summed E-state index contributed by atoms with van der Waals surface area (Å²) in [6, 6.07) is 5.23. The Hall–Kier alpha value is -0.780. The maximum Gasteiger partial charge on any atom is 0.132 e. The van der Waals surface area contributed by atoms with E-state index in [1.54, 1.807) is 12.1 Å². The summed E-state index contributed by atoms with van der Waals surface area (Å²) < 4.78 is 27.6. The molecule has 1 nitrogen and oxygen atoms in total. The third-order valence-corrected chi connectivity index (χ3v) is 3.62. The van der Waals surface area contributed by atoms with Gasteiger partial charge in [0.2, 0.25) is 0 Å². The van der Waals surface area contributed by atoms with E-state index in [4.69, 9.17) is 5.73 Å². The van der Waals surface area contributed by atoms with Crippen LogP contribution in [0.2, 0.25) is 0 Å². The molecular formula is C11H8BrF2NS. The van der Waals surface area contributed by atoms with Crippen LogP contribution in [-0.4, -0.2) is 0 Å². The Kier molecular flexibility index (Phi) is 3.37. The van der Waals surface area contributed by atoms with Crippen LogP contribution in [0.15, 0.2) is 34.1 Å². The Balaban J connectivity index is 2.48. The summed E-state index contributed by atoms with van der Waals surface area (Å²) in [6.07, 6.45) is 0. The molecule has 1 unspecified atom stereocenters. The molecule has 0 amide bonds. The smallest absolute Gasteiger partial charge is 0.132 e. The van der Waals surface area contributed by atoms with Crippen molar-refractivity contribution in [3.05, 3.63) is 56.2 Å².